The van der Waals surface area contributed by atoms with E-state index in [1.807, 2.05) is 42.5 Å². The van der Waals surface area contributed by atoms with E-state index in [0.717, 1.165) is 37.8 Å². The van der Waals surface area contributed by atoms with Gasteiger partial charge in [-0.15, -0.1) is 0 Å². The Hall–Kier alpha value is -2.22. The molecule has 2 aliphatic rings. The Morgan fingerprint density at radius 1 is 1.06 bits per heavy atom. The summed E-state index contributed by atoms with van der Waals surface area (Å²) in [5.74, 6) is 0.0323. The highest BCUT2D eigenvalue weighted by atomic mass is 32.2. The highest BCUT2D eigenvalue weighted by molar-refractivity contribution is 7.88. The molecule has 31 heavy (non-hydrogen) atoms. The van der Waals surface area contributed by atoms with Crippen LogP contribution in [0.1, 0.15) is 53.1 Å². The molecule has 2 fully saturated rings. The molecule has 1 unspecified atom stereocenters. The monoisotopic (exact) mass is 441 g/mol. The summed E-state index contributed by atoms with van der Waals surface area (Å²) >= 11 is 0. The van der Waals surface area contributed by atoms with Gasteiger partial charge in [-0.2, -0.15) is 4.31 Å². The third-order valence-electron chi connectivity index (χ3n) is 6.81. The number of hydrogen-bond donors (Lipinski definition) is 1. The maximum absolute atomic E-state index is 12.4. The number of carbonyl (C=O) groups is 1. The predicted molar refractivity (Wildman–Crippen MR) is 122 cm³/mol. The summed E-state index contributed by atoms with van der Waals surface area (Å²) in [5.41, 5.74) is 8.22. The quantitative estimate of drug-likeness (QED) is 0.683. The van der Waals surface area contributed by atoms with Gasteiger partial charge in [-0.1, -0.05) is 42.5 Å². The van der Waals surface area contributed by atoms with Crippen LogP contribution in [0.25, 0.3) is 0 Å². The number of hydrogen-bond acceptors (Lipinski definition) is 4. The van der Waals surface area contributed by atoms with Crippen molar-refractivity contribution in [2.24, 2.45) is 5.73 Å². The van der Waals surface area contributed by atoms with E-state index in [1.165, 1.54) is 11.8 Å². The minimum Gasteiger partial charge on any atom is -0.366 e. The van der Waals surface area contributed by atoms with E-state index in [-0.39, 0.29) is 5.91 Å². The summed E-state index contributed by atoms with van der Waals surface area (Å²) in [6.07, 6.45) is 5.66. The van der Waals surface area contributed by atoms with Gasteiger partial charge in [-0.05, 0) is 54.9 Å². The number of benzene rings is 2. The van der Waals surface area contributed by atoms with Gasteiger partial charge in [0.05, 0.1) is 6.26 Å². The molecule has 7 heteroatoms. The maximum Gasteiger partial charge on any atom is 0.248 e. The van der Waals surface area contributed by atoms with Crippen molar-refractivity contribution in [1.82, 2.24) is 9.21 Å². The molecular formula is C24H31N3O3S. The van der Waals surface area contributed by atoms with Crippen molar-refractivity contribution >= 4 is 15.9 Å². The molecule has 2 aromatic carbocycles. The van der Waals surface area contributed by atoms with Crippen molar-refractivity contribution < 1.29 is 13.2 Å². The Balaban J connectivity index is 1.41. The Bertz CT molecular complexity index is 1010. The molecule has 2 heterocycles. The number of sulfonamides is 1. The smallest absolute Gasteiger partial charge is 0.248 e. The molecule has 0 radical (unpaired) electrons. The fourth-order valence-corrected chi connectivity index (χ4v) is 6.03. The standard InChI is InChI=1S/C24H31N3O3S/c1-31(29,30)26(17-18-6-3-2-4-7-18)12-13-27-22-10-11-23(27)16-21(15-22)19-8-5-9-20(14-19)24(25)28/h2-9,14,21-23H,10-13,15-17H2,1H3,(H2,25,28)/t21?,22-,23+. The predicted octanol–water partition coefficient (Wildman–Crippen LogP) is 2.96. The molecule has 0 saturated carbocycles. The lowest BCUT2D eigenvalue weighted by Crippen LogP contribution is -2.46. The van der Waals surface area contributed by atoms with E-state index < -0.39 is 10.0 Å². The van der Waals surface area contributed by atoms with Crippen LogP contribution in [-0.4, -0.2) is 55.0 Å². The molecule has 0 aromatic heterocycles. The fraction of sp³-hybridized carbons (Fsp3) is 0.458. The largest absolute Gasteiger partial charge is 0.366 e. The highest BCUT2D eigenvalue weighted by Crippen LogP contribution is 2.43. The molecular weight excluding hydrogens is 410 g/mol. The minimum absolute atomic E-state index is 0.387. The van der Waals surface area contributed by atoms with Gasteiger partial charge in [-0.3, -0.25) is 9.69 Å². The number of fused-ring (bicyclic) bond motifs is 2. The van der Waals surface area contributed by atoms with E-state index in [9.17, 15) is 13.2 Å². The average molecular weight is 442 g/mol. The van der Waals surface area contributed by atoms with Gasteiger partial charge in [0.15, 0.2) is 0 Å². The van der Waals surface area contributed by atoms with E-state index >= 15 is 0 Å². The lowest BCUT2D eigenvalue weighted by atomic mass is 9.84. The zero-order chi connectivity index (χ0) is 22.0. The molecule has 6 nitrogen and oxygen atoms in total. The number of amides is 1. The Morgan fingerprint density at radius 3 is 2.35 bits per heavy atom. The SMILES string of the molecule is CS(=O)(=O)N(CCN1[C@@H]2CC[C@H]1CC(c1cccc(C(N)=O)c1)C2)Cc1ccccc1. The van der Waals surface area contributed by atoms with Gasteiger partial charge in [0.25, 0.3) is 0 Å². The molecule has 0 spiro atoms. The van der Waals surface area contributed by atoms with Crippen molar-refractivity contribution in [2.45, 2.75) is 50.2 Å². The van der Waals surface area contributed by atoms with E-state index in [4.69, 9.17) is 5.73 Å². The zero-order valence-corrected chi connectivity index (χ0v) is 18.8. The molecule has 2 aromatic rings. The average Bonchev–Trinajstić information content (AvgIpc) is 2.98. The first-order valence-corrected chi connectivity index (χ1v) is 12.8. The van der Waals surface area contributed by atoms with Crippen LogP contribution in [0.4, 0.5) is 0 Å². The number of piperidine rings is 1. The van der Waals surface area contributed by atoms with Crippen molar-refractivity contribution in [3.63, 3.8) is 0 Å². The van der Waals surface area contributed by atoms with Crippen LogP contribution in [0.5, 0.6) is 0 Å². The lowest BCUT2D eigenvalue weighted by Gasteiger charge is -2.40. The van der Waals surface area contributed by atoms with Gasteiger partial charge in [0, 0.05) is 37.3 Å². The molecule has 3 atom stereocenters. The third-order valence-corrected chi connectivity index (χ3v) is 8.05. The number of nitrogens with zero attached hydrogens (tertiary/aromatic N) is 2. The van der Waals surface area contributed by atoms with Gasteiger partial charge < -0.3 is 5.73 Å². The van der Waals surface area contributed by atoms with Crippen molar-refractivity contribution in [3.8, 4) is 0 Å². The number of carbonyl (C=O) groups excluding carboxylic acids is 1. The molecule has 2 saturated heterocycles. The van der Waals surface area contributed by atoms with Gasteiger partial charge in [0.2, 0.25) is 15.9 Å². The first-order valence-electron chi connectivity index (χ1n) is 11.0. The lowest BCUT2D eigenvalue weighted by molar-refractivity contribution is 0.1000. The highest BCUT2D eigenvalue weighted by Gasteiger charge is 2.41. The molecule has 2 aliphatic heterocycles. The second-order valence-corrected chi connectivity index (χ2v) is 10.8. The molecule has 2 N–H and O–H groups in total. The molecule has 2 bridgehead atoms. The van der Waals surface area contributed by atoms with Crippen LogP contribution in [0, 0.1) is 0 Å². The van der Waals surface area contributed by atoms with E-state index in [0.29, 0.717) is 36.7 Å². The summed E-state index contributed by atoms with van der Waals surface area (Å²) in [6.45, 7) is 1.66. The van der Waals surface area contributed by atoms with E-state index in [2.05, 4.69) is 11.0 Å². The summed E-state index contributed by atoms with van der Waals surface area (Å²) in [7, 11) is -3.28. The second-order valence-electron chi connectivity index (χ2n) is 8.86. The Kier molecular flexibility index (Phi) is 6.46. The Labute approximate surface area is 185 Å². The first-order chi connectivity index (χ1) is 14.8. The molecule has 0 aliphatic carbocycles. The second kappa shape index (κ2) is 9.10. The summed E-state index contributed by atoms with van der Waals surface area (Å²) in [4.78, 5) is 14.1. The summed E-state index contributed by atoms with van der Waals surface area (Å²) in [5, 5.41) is 0. The fourth-order valence-electron chi connectivity index (χ4n) is 5.23. The zero-order valence-electron chi connectivity index (χ0n) is 18.0. The maximum atomic E-state index is 12.4. The number of nitrogens with two attached hydrogens (primary N) is 1. The van der Waals surface area contributed by atoms with Crippen LogP contribution in [0.15, 0.2) is 54.6 Å². The molecule has 4 rings (SSSR count). The van der Waals surface area contributed by atoms with Crippen LogP contribution >= 0.6 is 0 Å². The van der Waals surface area contributed by atoms with E-state index in [1.54, 1.807) is 10.4 Å². The summed E-state index contributed by atoms with van der Waals surface area (Å²) in [6, 6.07) is 18.4. The van der Waals surface area contributed by atoms with Gasteiger partial charge in [0.1, 0.15) is 0 Å². The van der Waals surface area contributed by atoms with Gasteiger partial charge in [-0.25, -0.2) is 8.42 Å². The van der Waals surface area contributed by atoms with Crippen molar-refractivity contribution in [2.75, 3.05) is 19.3 Å². The number of rotatable bonds is 8. The minimum atomic E-state index is -3.28. The van der Waals surface area contributed by atoms with Crippen LogP contribution in [0.3, 0.4) is 0 Å². The van der Waals surface area contributed by atoms with Crippen molar-refractivity contribution in [3.05, 3.63) is 71.3 Å². The molecule has 1 amide bonds. The van der Waals surface area contributed by atoms with Crippen LogP contribution in [-0.2, 0) is 16.6 Å². The van der Waals surface area contributed by atoms with Crippen LogP contribution in [0.2, 0.25) is 0 Å². The van der Waals surface area contributed by atoms with Crippen LogP contribution < -0.4 is 5.73 Å². The normalized spacial score (nSPS) is 23.9. The number of primary amides is 1. The van der Waals surface area contributed by atoms with Gasteiger partial charge >= 0.3 is 0 Å². The summed E-state index contributed by atoms with van der Waals surface area (Å²) < 4.78 is 26.3. The topological polar surface area (TPSA) is 83.7 Å². The Morgan fingerprint density at radius 2 is 1.74 bits per heavy atom. The third kappa shape index (κ3) is 5.17. The first kappa shape index (κ1) is 22.0. The molecule has 166 valence electrons. The van der Waals surface area contributed by atoms with Crippen molar-refractivity contribution in [1.29, 1.82) is 0 Å².